The number of hydrogen-bond donors (Lipinski definition) is 2. The number of thioether (sulfide) groups is 1. The minimum absolute atomic E-state index is 0.111. The summed E-state index contributed by atoms with van der Waals surface area (Å²) in [6.07, 6.45) is 6.49. The maximum atomic E-state index is 12.3. The van der Waals surface area contributed by atoms with Crippen molar-refractivity contribution in [3.05, 3.63) is 88.1 Å². The zero-order valence-corrected chi connectivity index (χ0v) is 15.7. The SMILES string of the molecule is O=C(NNC1=C2C=CC[C@@H]2C1)c1ccc(CSc2ccc(Cl)cc2)cc1. The number of carbonyl (C=O) groups is 1. The fraction of sp³-hybridized carbons (Fsp3) is 0.190. The molecule has 3 nitrogen and oxygen atoms in total. The number of allylic oxidation sites excluding steroid dienone is 4. The molecule has 2 N–H and O–H groups in total. The summed E-state index contributed by atoms with van der Waals surface area (Å²) >= 11 is 7.65. The highest BCUT2D eigenvalue weighted by Gasteiger charge is 2.30. The van der Waals surface area contributed by atoms with Gasteiger partial charge in [0.05, 0.1) is 0 Å². The number of rotatable bonds is 6. The minimum atomic E-state index is -0.111. The molecule has 2 aromatic rings. The molecule has 0 bridgehead atoms. The van der Waals surface area contributed by atoms with Gasteiger partial charge in [-0.1, -0.05) is 35.9 Å². The summed E-state index contributed by atoms with van der Waals surface area (Å²) in [6.45, 7) is 0. The van der Waals surface area contributed by atoms with Crippen molar-refractivity contribution in [1.82, 2.24) is 10.9 Å². The Morgan fingerprint density at radius 2 is 1.88 bits per heavy atom. The molecule has 2 aliphatic rings. The van der Waals surface area contributed by atoms with E-state index in [1.165, 1.54) is 16.0 Å². The molecule has 0 aliphatic heterocycles. The van der Waals surface area contributed by atoms with Gasteiger partial charge in [-0.25, -0.2) is 0 Å². The van der Waals surface area contributed by atoms with Crippen LogP contribution in [0.25, 0.3) is 0 Å². The van der Waals surface area contributed by atoms with Gasteiger partial charge in [-0.3, -0.25) is 10.2 Å². The Balaban J connectivity index is 1.29. The first-order valence-corrected chi connectivity index (χ1v) is 9.98. The van der Waals surface area contributed by atoms with Gasteiger partial charge in [0.15, 0.2) is 0 Å². The van der Waals surface area contributed by atoms with Crippen molar-refractivity contribution in [2.24, 2.45) is 5.92 Å². The van der Waals surface area contributed by atoms with Crippen LogP contribution in [0.15, 0.2) is 76.8 Å². The van der Waals surface area contributed by atoms with E-state index in [0.717, 1.165) is 29.3 Å². The maximum Gasteiger partial charge on any atom is 0.269 e. The lowest BCUT2D eigenvalue weighted by atomic mass is 9.84. The molecule has 1 atom stereocenters. The largest absolute Gasteiger partial charge is 0.302 e. The van der Waals surface area contributed by atoms with E-state index in [1.54, 1.807) is 11.8 Å². The van der Waals surface area contributed by atoms with Gasteiger partial charge in [-0.05, 0) is 66.3 Å². The maximum absolute atomic E-state index is 12.3. The molecule has 0 aromatic heterocycles. The third-order valence-corrected chi connectivity index (χ3v) is 6.05. The molecule has 0 spiro atoms. The van der Waals surface area contributed by atoms with Gasteiger partial charge in [0.1, 0.15) is 0 Å². The van der Waals surface area contributed by atoms with Crippen LogP contribution in [0.3, 0.4) is 0 Å². The highest BCUT2D eigenvalue weighted by Crippen LogP contribution is 2.40. The average molecular weight is 383 g/mol. The number of benzene rings is 2. The molecule has 4 rings (SSSR count). The Labute approximate surface area is 162 Å². The van der Waals surface area contributed by atoms with E-state index in [0.29, 0.717) is 11.5 Å². The number of halogens is 1. The molecule has 0 fully saturated rings. The first-order chi connectivity index (χ1) is 12.7. The molecule has 0 unspecified atom stereocenters. The number of fused-ring (bicyclic) bond motifs is 1. The molecule has 26 heavy (non-hydrogen) atoms. The van der Waals surface area contributed by atoms with Crippen molar-refractivity contribution in [3.8, 4) is 0 Å². The zero-order valence-electron chi connectivity index (χ0n) is 14.2. The van der Waals surface area contributed by atoms with Crippen molar-refractivity contribution in [2.45, 2.75) is 23.5 Å². The van der Waals surface area contributed by atoms with Crippen LogP contribution in [0.2, 0.25) is 5.02 Å². The Morgan fingerprint density at radius 3 is 2.62 bits per heavy atom. The first kappa shape index (κ1) is 17.3. The minimum Gasteiger partial charge on any atom is -0.302 e. The van der Waals surface area contributed by atoms with Crippen molar-refractivity contribution < 1.29 is 4.79 Å². The van der Waals surface area contributed by atoms with E-state index in [4.69, 9.17) is 11.6 Å². The summed E-state index contributed by atoms with van der Waals surface area (Å²) in [5, 5.41) is 0.747. The summed E-state index contributed by atoms with van der Waals surface area (Å²) in [5.74, 6) is 1.40. The molecular formula is C21H19ClN2OS. The van der Waals surface area contributed by atoms with Gasteiger partial charge in [0.2, 0.25) is 0 Å². The van der Waals surface area contributed by atoms with E-state index in [2.05, 4.69) is 23.0 Å². The number of amides is 1. The average Bonchev–Trinajstić information content (AvgIpc) is 3.02. The van der Waals surface area contributed by atoms with Crippen LogP contribution < -0.4 is 10.9 Å². The lowest BCUT2D eigenvalue weighted by Crippen LogP contribution is -2.40. The molecule has 132 valence electrons. The van der Waals surface area contributed by atoms with Crippen molar-refractivity contribution in [3.63, 3.8) is 0 Å². The molecule has 0 heterocycles. The molecule has 0 saturated heterocycles. The van der Waals surface area contributed by atoms with Gasteiger partial charge < -0.3 is 5.43 Å². The van der Waals surface area contributed by atoms with E-state index in [-0.39, 0.29) is 5.91 Å². The number of nitrogens with one attached hydrogen (secondary N) is 2. The van der Waals surface area contributed by atoms with Gasteiger partial charge in [0, 0.05) is 26.9 Å². The Kier molecular flexibility index (Phi) is 5.05. The van der Waals surface area contributed by atoms with E-state index in [1.807, 2.05) is 48.5 Å². The third-order valence-electron chi connectivity index (χ3n) is 4.72. The number of carbonyl (C=O) groups excluding carboxylic acids is 1. The van der Waals surface area contributed by atoms with Crippen LogP contribution in [0, 0.1) is 5.92 Å². The zero-order chi connectivity index (χ0) is 17.9. The van der Waals surface area contributed by atoms with Crippen LogP contribution in [0.1, 0.15) is 28.8 Å². The smallest absolute Gasteiger partial charge is 0.269 e. The quantitative estimate of drug-likeness (QED) is 0.539. The summed E-state index contributed by atoms with van der Waals surface area (Å²) < 4.78 is 0. The van der Waals surface area contributed by atoms with Crippen LogP contribution in [-0.4, -0.2) is 5.91 Å². The Morgan fingerprint density at radius 1 is 1.12 bits per heavy atom. The molecule has 2 aromatic carbocycles. The van der Waals surface area contributed by atoms with Gasteiger partial charge in [-0.15, -0.1) is 11.8 Å². The van der Waals surface area contributed by atoms with Crippen LogP contribution >= 0.6 is 23.4 Å². The summed E-state index contributed by atoms with van der Waals surface area (Å²) in [6, 6.07) is 15.6. The number of hydrazine groups is 1. The first-order valence-electron chi connectivity index (χ1n) is 8.62. The van der Waals surface area contributed by atoms with Crippen molar-refractivity contribution in [1.29, 1.82) is 0 Å². The molecular weight excluding hydrogens is 364 g/mol. The van der Waals surface area contributed by atoms with Gasteiger partial charge >= 0.3 is 0 Å². The molecule has 0 saturated carbocycles. The third kappa shape index (κ3) is 3.81. The van der Waals surface area contributed by atoms with Crippen LogP contribution in [0.5, 0.6) is 0 Å². The second-order valence-corrected chi connectivity index (χ2v) is 7.98. The topological polar surface area (TPSA) is 41.1 Å². The molecule has 5 heteroatoms. The predicted molar refractivity (Wildman–Crippen MR) is 107 cm³/mol. The Bertz CT molecular complexity index is 872. The molecule has 0 radical (unpaired) electrons. The fourth-order valence-electron chi connectivity index (χ4n) is 3.17. The predicted octanol–water partition coefficient (Wildman–Crippen LogP) is 5.10. The monoisotopic (exact) mass is 382 g/mol. The van der Waals surface area contributed by atoms with E-state index in [9.17, 15) is 4.79 Å². The second kappa shape index (κ2) is 7.60. The van der Waals surface area contributed by atoms with E-state index < -0.39 is 0 Å². The second-order valence-electron chi connectivity index (χ2n) is 6.49. The van der Waals surface area contributed by atoms with Crippen molar-refractivity contribution in [2.75, 3.05) is 0 Å². The lowest BCUT2D eigenvalue weighted by molar-refractivity contribution is 0.0936. The number of hydrogen-bond acceptors (Lipinski definition) is 3. The summed E-state index contributed by atoms with van der Waals surface area (Å²) in [5.41, 5.74) is 10.2. The van der Waals surface area contributed by atoms with Gasteiger partial charge in [-0.2, -0.15) is 0 Å². The van der Waals surface area contributed by atoms with Crippen LogP contribution in [0.4, 0.5) is 0 Å². The summed E-state index contributed by atoms with van der Waals surface area (Å²) in [4.78, 5) is 13.4. The fourth-order valence-corrected chi connectivity index (χ4v) is 4.15. The normalized spacial score (nSPS) is 17.7. The Hall–Kier alpha value is -2.17. The molecule has 2 aliphatic carbocycles. The van der Waals surface area contributed by atoms with E-state index >= 15 is 0 Å². The van der Waals surface area contributed by atoms with Crippen LogP contribution in [-0.2, 0) is 5.75 Å². The standard InChI is InChI=1S/C21H19ClN2OS/c22-17-8-10-18(11-9-17)26-13-14-4-6-15(7-5-14)21(25)24-23-20-12-16-2-1-3-19(16)20/h1,3-11,16,23H,2,12-13H2,(H,24,25)/t16-/m1/s1. The molecule has 1 amide bonds. The summed E-state index contributed by atoms with van der Waals surface area (Å²) in [7, 11) is 0. The highest BCUT2D eigenvalue weighted by molar-refractivity contribution is 7.98. The lowest BCUT2D eigenvalue weighted by Gasteiger charge is -2.28. The van der Waals surface area contributed by atoms with Crippen molar-refractivity contribution >= 4 is 29.3 Å². The van der Waals surface area contributed by atoms with Gasteiger partial charge in [0.25, 0.3) is 5.91 Å². The highest BCUT2D eigenvalue weighted by atomic mass is 35.5.